The number of phenolic OH excluding ortho intramolecular Hbond substituents is 1. The Kier molecular flexibility index (Phi) is 4.74. The zero-order valence-electron chi connectivity index (χ0n) is 16.3. The van der Waals surface area contributed by atoms with Crippen LogP contribution in [0.3, 0.4) is 0 Å². The highest BCUT2D eigenvalue weighted by Crippen LogP contribution is 2.65. The summed E-state index contributed by atoms with van der Waals surface area (Å²) in [4.78, 5) is 10.8. The highest BCUT2D eigenvalue weighted by atomic mass is 16.4. The first-order chi connectivity index (χ1) is 12.8. The van der Waals surface area contributed by atoms with Gasteiger partial charge in [-0.15, -0.1) is 0 Å². The van der Waals surface area contributed by atoms with Gasteiger partial charge in [0.15, 0.2) is 0 Å². The van der Waals surface area contributed by atoms with E-state index in [1.54, 1.807) is 0 Å². The van der Waals surface area contributed by atoms with E-state index in [9.17, 15) is 15.0 Å². The lowest BCUT2D eigenvalue weighted by atomic mass is 9.53. The van der Waals surface area contributed by atoms with Gasteiger partial charge in [-0.1, -0.05) is 13.0 Å². The second-order valence-corrected chi connectivity index (χ2v) is 9.43. The Morgan fingerprint density at radius 3 is 2.78 bits per heavy atom. The van der Waals surface area contributed by atoms with Crippen LogP contribution in [0.1, 0.15) is 81.8 Å². The third-order valence-corrected chi connectivity index (χ3v) is 8.26. The Hall–Kier alpha value is -1.55. The minimum atomic E-state index is -0.745. The van der Waals surface area contributed by atoms with Crippen molar-refractivity contribution >= 4 is 5.97 Å². The third-order valence-electron chi connectivity index (χ3n) is 8.26. The molecule has 2 fully saturated rings. The summed E-state index contributed by atoms with van der Waals surface area (Å²) < 4.78 is 0. The van der Waals surface area contributed by atoms with Crippen molar-refractivity contribution in [3.8, 4) is 5.75 Å². The molecule has 3 N–H and O–H groups in total. The smallest absolute Gasteiger partial charge is 0.303 e. The Labute approximate surface area is 161 Å². The van der Waals surface area contributed by atoms with Crippen LogP contribution in [0, 0.1) is 17.3 Å². The zero-order valence-corrected chi connectivity index (χ0v) is 16.3. The van der Waals surface area contributed by atoms with Gasteiger partial charge in [0, 0.05) is 6.42 Å². The Balaban J connectivity index is 1.51. The Morgan fingerprint density at radius 2 is 2.00 bits per heavy atom. The van der Waals surface area contributed by atoms with E-state index < -0.39 is 11.6 Å². The van der Waals surface area contributed by atoms with Crippen molar-refractivity contribution in [1.82, 2.24) is 0 Å². The molecule has 0 radical (unpaired) electrons. The van der Waals surface area contributed by atoms with E-state index in [2.05, 4.69) is 13.0 Å². The lowest BCUT2D eigenvalue weighted by Gasteiger charge is -2.53. The average Bonchev–Trinajstić information content (AvgIpc) is 2.90. The molecule has 5 atom stereocenters. The summed E-state index contributed by atoms with van der Waals surface area (Å²) in [5, 5.41) is 30.2. The Morgan fingerprint density at radius 1 is 1.19 bits per heavy atom. The fourth-order valence-corrected chi connectivity index (χ4v) is 6.78. The van der Waals surface area contributed by atoms with Gasteiger partial charge in [0.2, 0.25) is 0 Å². The number of carboxylic acid groups (broad SMARTS) is 1. The van der Waals surface area contributed by atoms with Gasteiger partial charge >= 0.3 is 5.97 Å². The summed E-state index contributed by atoms with van der Waals surface area (Å²) in [6, 6.07) is 5.88. The SMILES string of the molecule is C[C@]12CC[C@@H]3c4ccc(O)cc4CC[C@H]3[C@@H]1CC[C@@]2(O)CCCCC(=O)O. The number of carbonyl (C=O) groups is 1. The molecule has 3 aliphatic rings. The number of aromatic hydroxyl groups is 1. The lowest BCUT2D eigenvalue weighted by molar-refractivity contribution is -0.137. The molecule has 1 aromatic carbocycles. The van der Waals surface area contributed by atoms with Gasteiger partial charge in [-0.25, -0.2) is 0 Å². The summed E-state index contributed by atoms with van der Waals surface area (Å²) in [6.07, 6.45) is 8.63. The molecule has 148 valence electrons. The van der Waals surface area contributed by atoms with E-state index in [1.807, 2.05) is 12.1 Å². The molecule has 4 nitrogen and oxygen atoms in total. The molecule has 0 unspecified atom stereocenters. The molecule has 3 aliphatic carbocycles. The lowest BCUT2D eigenvalue weighted by Crippen LogP contribution is -2.50. The molecule has 2 saturated carbocycles. The van der Waals surface area contributed by atoms with E-state index >= 15 is 0 Å². The number of aliphatic carboxylic acids is 1. The van der Waals surface area contributed by atoms with Crippen molar-refractivity contribution in [2.75, 3.05) is 0 Å². The number of hydrogen-bond acceptors (Lipinski definition) is 3. The summed E-state index contributed by atoms with van der Waals surface area (Å²) in [5.41, 5.74) is 2.03. The Bertz CT molecular complexity index is 729. The fraction of sp³-hybridized carbons (Fsp3) is 0.696. The van der Waals surface area contributed by atoms with Gasteiger partial charge in [-0.05, 0) is 104 Å². The second-order valence-electron chi connectivity index (χ2n) is 9.43. The van der Waals surface area contributed by atoms with Crippen LogP contribution in [-0.4, -0.2) is 26.9 Å². The highest BCUT2D eigenvalue weighted by Gasteiger charge is 2.60. The molecule has 0 heterocycles. The molecule has 1 aromatic rings. The van der Waals surface area contributed by atoms with Crippen LogP contribution < -0.4 is 0 Å². The van der Waals surface area contributed by atoms with Crippen molar-refractivity contribution in [2.45, 2.75) is 82.7 Å². The number of phenols is 1. The van der Waals surface area contributed by atoms with Crippen LogP contribution in [-0.2, 0) is 11.2 Å². The predicted molar refractivity (Wildman–Crippen MR) is 104 cm³/mol. The van der Waals surface area contributed by atoms with E-state index in [4.69, 9.17) is 5.11 Å². The summed E-state index contributed by atoms with van der Waals surface area (Å²) in [5.74, 6) is 1.34. The van der Waals surface area contributed by atoms with Gasteiger partial charge in [-0.3, -0.25) is 4.79 Å². The van der Waals surface area contributed by atoms with Crippen molar-refractivity contribution < 1.29 is 20.1 Å². The maximum Gasteiger partial charge on any atom is 0.303 e. The highest BCUT2D eigenvalue weighted by molar-refractivity contribution is 5.66. The molecule has 4 heteroatoms. The van der Waals surface area contributed by atoms with Gasteiger partial charge in [0.25, 0.3) is 0 Å². The maximum atomic E-state index is 11.6. The van der Waals surface area contributed by atoms with Gasteiger partial charge in [0.05, 0.1) is 5.60 Å². The topological polar surface area (TPSA) is 77.8 Å². The third kappa shape index (κ3) is 3.06. The molecule has 0 aliphatic heterocycles. The van der Waals surface area contributed by atoms with Crippen LogP contribution in [0.5, 0.6) is 5.75 Å². The molecule has 4 rings (SSSR count). The number of aryl methyl sites for hydroxylation is 1. The normalized spacial score (nSPS) is 37.3. The van der Waals surface area contributed by atoms with Crippen LogP contribution in [0.2, 0.25) is 0 Å². The monoisotopic (exact) mass is 372 g/mol. The van der Waals surface area contributed by atoms with Crippen molar-refractivity contribution in [2.24, 2.45) is 17.3 Å². The average molecular weight is 373 g/mol. The van der Waals surface area contributed by atoms with Crippen LogP contribution in [0.15, 0.2) is 18.2 Å². The van der Waals surface area contributed by atoms with Gasteiger partial charge in [0.1, 0.15) is 5.75 Å². The summed E-state index contributed by atoms with van der Waals surface area (Å²) in [6.45, 7) is 2.30. The number of unbranched alkanes of at least 4 members (excludes halogenated alkanes) is 1. The number of carboxylic acids is 1. The number of fused-ring (bicyclic) bond motifs is 5. The van der Waals surface area contributed by atoms with Gasteiger partial charge in [-0.2, -0.15) is 0 Å². The minimum Gasteiger partial charge on any atom is -0.508 e. The molecule has 0 aromatic heterocycles. The van der Waals surface area contributed by atoms with E-state index in [-0.39, 0.29) is 11.8 Å². The van der Waals surface area contributed by atoms with Crippen LogP contribution >= 0.6 is 0 Å². The summed E-state index contributed by atoms with van der Waals surface area (Å²) in [7, 11) is 0. The number of rotatable bonds is 5. The molecule has 0 saturated heterocycles. The molecular weight excluding hydrogens is 340 g/mol. The zero-order chi connectivity index (χ0) is 19.2. The first kappa shape index (κ1) is 18.8. The number of aliphatic hydroxyl groups is 1. The quantitative estimate of drug-likeness (QED) is 0.659. The maximum absolute atomic E-state index is 11.6. The molecule has 0 bridgehead atoms. The first-order valence-electron chi connectivity index (χ1n) is 10.6. The van der Waals surface area contributed by atoms with Crippen LogP contribution in [0.25, 0.3) is 0 Å². The number of hydrogen-bond donors (Lipinski definition) is 3. The van der Waals surface area contributed by atoms with Crippen LogP contribution in [0.4, 0.5) is 0 Å². The van der Waals surface area contributed by atoms with E-state index in [0.717, 1.165) is 51.4 Å². The standard InChI is InChI=1S/C23H32O4/c1-22-12-9-18-17-8-6-16(24)14-15(17)5-7-19(18)20(22)10-13-23(22,27)11-3-2-4-21(25)26/h6,8,14,18-20,24,27H,2-5,7,9-13H2,1H3,(H,25,26)/t18-,19-,20+,22+,23+/m1/s1. The molecule has 0 amide bonds. The van der Waals surface area contributed by atoms with Gasteiger partial charge < -0.3 is 15.3 Å². The van der Waals surface area contributed by atoms with Crippen molar-refractivity contribution in [3.63, 3.8) is 0 Å². The number of benzene rings is 1. The summed E-state index contributed by atoms with van der Waals surface area (Å²) >= 11 is 0. The molecular formula is C23H32O4. The van der Waals surface area contributed by atoms with Crippen molar-refractivity contribution in [1.29, 1.82) is 0 Å². The molecule has 27 heavy (non-hydrogen) atoms. The predicted octanol–water partition coefficient (Wildman–Crippen LogP) is 4.62. The van der Waals surface area contributed by atoms with E-state index in [0.29, 0.717) is 29.9 Å². The van der Waals surface area contributed by atoms with Crippen molar-refractivity contribution in [3.05, 3.63) is 29.3 Å². The minimum absolute atomic E-state index is 0.0498. The first-order valence-corrected chi connectivity index (χ1v) is 10.6. The second kappa shape index (κ2) is 6.80. The molecule has 0 spiro atoms. The fourth-order valence-electron chi connectivity index (χ4n) is 6.78. The van der Waals surface area contributed by atoms with E-state index in [1.165, 1.54) is 11.1 Å². The largest absolute Gasteiger partial charge is 0.508 e.